The number of hydrogen-bond acceptors (Lipinski definition) is 5. The lowest BCUT2D eigenvalue weighted by Crippen LogP contribution is -2.10. The van der Waals surface area contributed by atoms with Crippen LogP contribution in [0.25, 0.3) is 0 Å². The van der Waals surface area contributed by atoms with E-state index in [1.54, 1.807) is 12.4 Å². The van der Waals surface area contributed by atoms with Crippen molar-refractivity contribution in [1.82, 2.24) is 10.5 Å². The Morgan fingerprint density at radius 3 is 2.93 bits per heavy atom. The maximum Gasteiger partial charge on any atom is 0.146 e. The van der Waals surface area contributed by atoms with E-state index in [4.69, 9.17) is 0 Å². The van der Waals surface area contributed by atoms with Gasteiger partial charge in [0, 0.05) is 18.1 Å². The molecular formula is C9H10N3OS-. The number of hydrogen-bond donors (Lipinski definition) is 1. The van der Waals surface area contributed by atoms with E-state index in [1.807, 2.05) is 17.6 Å². The molecule has 0 aromatic carbocycles. The molecule has 0 radical (unpaired) electrons. The Labute approximate surface area is 86.4 Å². The SMILES string of the molecule is [O-]NC1=NC(Cc2ccncc2)CS1. The van der Waals surface area contributed by atoms with E-state index in [1.165, 1.54) is 17.3 Å². The first-order chi connectivity index (χ1) is 6.88. The van der Waals surface area contributed by atoms with Crippen molar-refractivity contribution in [3.05, 3.63) is 35.3 Å². The predicted molar refractivity (Wildman–Crippen MR) is 58.1 cm³/mol. The second-order valence-electron chi connectivity index (χ2n) is 3.06. The molecular weight excluding hydrogens is 198 g/mol. The minimum Gasteiger partial charge on any atom is -0.759 e. The molecule has 1 aromatic heterocycles. The van der Waals surface area contributed by atoms with E-state index in [2.05, 4.69) is 9.98 Å². The molecule has 0 aliphatic carbocycles. The normalized spacial score (nSPS) is 20.6. The molecule has 1 aromatic rings. The summed E-state index contributed by atoms with van der Waals surface area (Å²) in [5.41, 5.74) is 3.04. The van der Waals surface area contributed by atoms with Crippen molar-refractivity contribution in [3.63, 3.8) is 0 Å². The molecule has 1 aliphatic rings. The van der Waals surface area contributed by atoms with Gasteiger partial charge < -0.3 is 10.7 Å². The van der Waals surface area contributed by atoms with Crippen LogP contribution in [0.1, 0.15) is 5.56 Å². The Balaban J connectivity index is 1.97. The molecule has 5 heteroatoms. The standard InChI is InChI=1S/C9H10N3OS/c13-12-9-11-8(6-14-9)5-7-1-3-10-4-2-7/h1-4,8H,5-6H2,(H-,11,12,13)/q-1. The largest absolute Gasteiger partial charge is 0.759 e. The highest BCUT2D eigenvalue weighted by atomic mass is 32.2. The maximum absolute atomic E-state index is 10.3. The van der Waals surface area contributed by atoms with Crippen LogP contribution < -0.4 is 5.48 Å². The van der Waals surface area contributed by atoms with Gasteiger partial charge in [-0.25, -0.2) is 0 Å². The van der Waals surface area contributed by atoms with Gasteiger partial charge in [0.1, 0.15) is 5.17 Å². The molecule has 4 nitrogen and oxygen atoms in total. The quantitative estimate of drug-likeness (QED) is 0.741. The van der Waals surface area contributed by atoms with Gasteiger partial charge in [0.15, 0.2) is 0 Å². The molecule has 0 fully saturated rings. The molecule has 1 N–H and O–H groups in total. The number of thioether (sulfide) groups is 1. The molecule has 0 saturated heterocycles. The van der Waals surface area contributed by atoms with Gasteiger partial charge in [-0.3, -0.25) is 9.98 Å². The lowest BCUT2D eigenvalue weighted by Gasteiger charge is -2.05. The zero-order valence-electron chi connectivity index (χ0n) is 7.51. The topological polar surface area (TPSA) is 60.3 Å². The highest BCUT2D eigenvalue weighted by molar-refractivity contribution is 8.14. The van der Waals surface area contributed by atoms with Gasteiger partial charge in [0.2, 0.25) is 0 Å². The summed E-state index contributed by atoms with van der Waals surface area (Å²) in [5, 5.41) is 10.8. The van der Waals surface area contributed by atoms with Crippen LogP contribution in [-0.2, 0) is 6.42 Å². The maximum atomic E-state index is 10.3. The number of hydroxylamine groups is 1. The van der Waals surface area contributed by atoms with E-state index < -0.39 is 0 Å². The minimum absolute atomic E-state index is 0.221. The highest BCUT2D eigenvalue weighted by Gasteiger charge is 2.16. The van der Waals surface area contributed by atoms with Gasteiger partial charge in [-0.15, -0.1) is 0 Å². The number of rotatable bonds is 2. The predicted octanol–water partition coefficient (Wildman–Crippen LogP) is 1.18. The molecule has 0 saturated carbocycles. The third-order valence-electron chi connectivity index (χ3n) is 2.02. The molecule has 14 heavy (non-hydrogen) atoms. The Morgan fingerprint density at radius 1 is 1.50 bits per heavy atom. The number of amidine groups is 1. The molecule has 74 valence electrons. The van der Waals surface area contributed by atoms with E-state index in [-0.39, 0.29) is 6.04 Å². The number of pyridine rings is 1. The second kappa shape index (κ2) is 4.43. The summed E-state index contributed by atoms with van der Waals surface area (Å²) >= 11 is 1.48. The van der Waals surface area contributed by atoms with Crippen molar-refractivity contribution in [2.45, 2.75) is 12.5 Å². The van der Waals surface area contributed by atoms with Gasteiger partial charge in [0.25, 0.3) is 0 Å². The van der Waals surface area contributed by atoms with Crippen molar-refractivity contribution in [1.29, 1.82) is 0 Å². The first-order valence-corrected chi connectivity index (χ1v) is 5.34. The smallest absolute Gasteiger partial charge is 0.146 e. The van der Waals surface area contributed by atoms with Gasteiger partial charge >= 0.3 is 0 Å². The summed E-state index contributed by atoms with van der Waals surface area (Å²) in [4.78, 5) is 8.19. The van der Waals surface area contributed by atoms with Crippen LogP contribution >= 0.6 is 11.8 Å². The van der Waals surface area contributed by atoms with Gasteiger partial charge in [-0.2, -0.15) is 0 Å². The van der Waals surface area contributed by atoms with Crippen molar-refractivity contribution >= 4 is 16.9 Å². The highest BCUT2D eigenvalue weighted by Crippen LogP contribution is 2.19. The summed E-state index contributed by atoms with van der Waals surface area (Å²) < 4.78 is 0. The third kappa shape index (κ3) is 2.24. The van der Waals surface area contributed by atoms with Crippen molar-refractivity contribution in [3.8, 4) is 0 Å². The molecule has 0 amide bonds. The molecule has 2 rings (SSSR count). The summed E-state index contributed by atoms with van der Waals surface area (Å²) in [6.45, 7) is 0. The summed E-state index contributed by atoms with van der Waals surface area (Å²) in [5.74, 6) is 0.882. The Bertz CT molecular complexity index is 328. The number of aromatic nitrogens is 1. The molecule has 0 bridgehead atoms. The van der Waals surface area contributed by atoms with Gasteiger partial charge in [-0.1, -0.05) is 11.8 Å². The fourth-order valence-electron chi connectivity index (χ4n) is 1.37. The summed E-state index contributed by atoms with van der Waals surface area (Å²) in [7, 11) is 0. The Kier molecular flexibility index (Phi) is 3.00. The molecule has 0 spiro atoms. The second-order valence-corrected chi connectivity index (χ2v) is 4.07. The summed E-state index contributed by atoms with van der Waals surface area (Å²) in [6.07, 6.45) is 4.42. The van der Waals surface area contributed by atoms with Crippen LogP contribution in [0.15, 0.2) is 29.5 Å². The molecule has 1 aliphatic heterocycles. The zero-order chi connectivity index (χ0) is 9.80. The first-order valence-electron chi connectivity index (χ1n) is 4.36. The zero-order valence-corrected chi connectivity index (χ0v) is 8.33. The summed E-state index contributed by atoms with van der Waals surface area (Å²) in [6, 6.07) is 4.17. The molecule has 1 atom stereocenters. The Morgan fingerprint density at radius 2 is 2.29 bits per heavy atom. The van der Waals surface area contributed by atoms with Crippen LogP contribution in [0.3, 0.4) is 0 Å². The first kappa shape index (κ1) is 9.48. The van der Waals surface area contributed by atoms with Gasteiger partial charge in [0.05, 0.1) is 6.04 Å². The van der Waals surface area contributed by atoms with Crippen molar-refractivity contribution < 1.29 is 0 Å². The van der Waals surface area contributed by atoms with Crippen molar-refractivity contribution in [2.75, 3.05) is 5.75 Å². The lowest BCUT2D eigenvalue weighted by molar-refractivity contribution is 0.759. The number of aliphatic imine (C=N–C) groups is 1. The van der Waals surface area contributed by atoms with Gasteiger partial charge in [-0.05, 0) is 24.1 Å². The van der Waals surface area contributed by atoms with Crippen LogP contribution in [-0.4, -0.2) is 21.9 Å². The number of nitrogens with zero attached hydrogens (tertiary/aromatic N) is 2. The van der Waals surface area contributed by atoms with E-state index >= 15 is 0 Å². The minimum atomic E-state index is 0.221. The lowest BCUT2D eigenvalue weighted by atomic mass is 10.1. The Hall–Kier alpha value is -1.07. The van der Waals surface area contributed by atoms with Crippen LogP contribution in [0.2, 0.25) is 0 Å². The van der Waals surface area contributed by atoms with Crippen LogP contribution in [0.5, 0.6) is 0 Å². The van der Waals surface area contributed by atoms with E-state index in [9.17, 15) is 5.21 Å². The average molecular weight is 208 g/mol. The monoisotopic (exact) mass is 208 g/mol. The van der Waals surface area contributed by atoms with E-state index in [0.29, 0.717) is 5.17 Å². The number of nitrogens with one attached hydrogen (secondary N) is 1. The fraction of sp³-hybridized carbons (Fsp3) is 0.333. The fourth-order valence-corrected chi connectivity index (χ4v) is 2.19. The average Bonchev–Trinajstić information content (AvgIpc) is 2.67. The van der Waals surface area contributed by atoms with Crippen LogP contribution in [0.4, 0.5) is 0 Å². The van der Waals surface area contributed by atoms with Crippen LogP contribution in [0, 0.1) is 5.21 Å². The van der Waals surface area contributed by atoms with E-state index in [0.717, 1.165) is 12.2 Å². The molecule has 2 heterocycles. The molecule has 1 unspecified atom stereocenters. The van der Waals surface area contributed by atoms with Crippen molar-refractivity contribution in [2.24, 2.45) is 4.99 Å². The third-order valence-corrected chi connectivity index (χ3v) is 3.03.